The van der Waals surface area contributed by atoms with Crippen molar-refractivity contribution in [2.45, 2.75) is 25.9 Å². The topological polar surface area (TPSA) is 76.9 Å². The molecule has 3 heterocycles. The highest BCUT2D eigenvalue weighted by molar-refractivity contribution is 7.16. The minimum Gasteiger partial charge on any atom is -0.350 e. The Labute approximate surface area is 136 Å². The molecule has 0 radical (unpaired) electrons. The van der Waals surface area contributed by atoms with Crippen LogP contribution in [0.25, 0.3) is 10.2 Å². The molecule has 6 nitrogen and oxygen atoms in total. The number of carbonyl (C=O) groups is 1. The first-order valence-corrected chi connectivity index (χ1v) is 8.15. The second-order valence-corrected chi connectivity index (χ2v) is 6.10. The van der Waals surface area contributed by atoms with E-state index in [0.717, 1.165) is 10.4 Å². The van der Waals surface area contributed by atoms with Crippen LogP contribution in [0.4, 0.5) is 0 Å². The molecule has 3 aromatic rings. The molecular weight excluding hydrogens is 312 g/mol. The van der Waals surface area contributed by atoms with Gasteiger partial charge in [0.05, 0.1) is 17.8 Å². The Morgan fingerprint density at radius 3 is 2.91 bits per heavy atom. The van der Waals surface area contributed by atoms with Gasteiger partial charge in [-0.3, -0.25) is 19.1 Å². The number of aromatic nitrogens is 3. The molecule has 0 bridgehead atoms. The Hall–Kier alpha value is -2.54. The molecule has 23 heavy (non-hydrogen) atoms. The van der Waals surface area contributed by atoms with E-state index < -0.39 is 0 Å². The van der Waals surface area contributed by atoms with Crippen LogP contribution in [0, 0.1) is 0 Å². The van der Waals surface area contributed by atoms with Crippen LogP contribution in [0.1, 0.15) is 24.9 Å². The van der Waals surface area contributed by atoms with Crippen molar-refractivity contribution in [3.8, 4) is 0 Å². The maximum absolute atomic E-state index is 12.2. The van der Waals surface area contributed by atoms with Crippen molar-refractivity contribution in [1.82, 2.24) is 19.9 Å². The molecule has 1 atom stereocenters. The lowest BCUT2D eigenvalue weighted by Crippen LogP contribution is -2.29. The van der Waals surface area contributed by atoms with Gasteiger partial charge in [0.2, 0.25) is 5.91 Å². The fourth-order valence-electron chi connectivity index (χ4n) is 2.32. The van der Waals surface area contributed by atoms with E-state index in [2.05, 4.69) is 15.3 Å². The second-order valence-electron chi connectivity index (χ2n) is 5.20. The Morgan fingerprint density at radius 2 is 2.13 bits per heavy atom. The van der Waals surface area contributed by atoms with Gasteiger partial charge in [0.1, 0.15) is 4.83 Å². The van der Waals surface area contributed by atoms with Crippen LogP contribution >= 0.6 is 11.3 Å². The van der Waals surface area contributed by atoms with Gasteiger partial charge >= 0.3 is 0 Å². The minimum atomic E-state index is -0.105. The van der Waals surface area contributed by atoms with Crippen molar-refractivity contribution in [1.29, 1.82) is 0 Å². The highest BCUT2D eigenvalue weighted by Crippen LogP contribution is 2.13. The van der Waals surface area contributed by atoms with Crippen LogP contribution in [0.15, 0.2) is 47.1 Å². The predicted molar refractivity (Wildman–Crippen MR) is 89.3 cm³/mol. The summed E-state index contributed by atoms with van der Waals surface area (Å²) in [5.41, 5.74) is 0.887. The second kappa shape index (κ2) is 6.70. The van der Waals surface area contributed by atoms with E-state index in [1.165, 1.54) is 22.2 Å². The molecule has 0 aliphatic carbocycles. The van der Waals surface area contributed by atoms with Gasteiger partial charge in [-0.25, -0.2) is 4.98 Å². The van der Waals surface area contributed by atoms with E-state index >= 15 is 0 Å². The molecule has 1 amide bonds. The van der Waals surface area contributed by atoms with Gasteiger partial charge in [0, 0.05) is 25.4 Å². The summed E-state index contributed by atoms with van der Waals surface area (Å²) in [4.78, 5) is 33.2. The zero-order valence-electron chi connectivity index (χ0n) is 12.6. The van der Waals surface area contributed by atoms with Crippen LogP contribution in [-0.4, -0.2) is 20.4 Å². The molecule has 0 spiro atoms. The highest BCUT2D eigenvalue weighted by atomic mass is 32.1. The van der Waals surface area contributed by atoms with E-state index in [0.29, 0.717) is 11.9 Å². The monoisotopic (exact) mass is 328 g/mol. The molecule has 0 aromatic carbocycles. The summed E-state index contributed by atoms with van der Waals surface area (Å²) in [5, 5.41) is 5.36. The Kier molecular flexibility index (Phi) is 4.47. The Balaban J connectivity index is 1.62. The van der Waals surface area contributed by atoms with Crippen LogP contribution in [0.2, 0.25) is 0 Å². The number of rotatable bonds is 5. The van der Waals surface area contributed by atoms with E-state index in [1.807, 2.05) is 24.4 Å². The quantitative estimate of drug-likeness (QED) is 0.778. The van der Waals surface area contributed by atoms with Gasteiger partial charge in [-0.05, 0) is 36.1 Å². The maximum Gasteiger partial charge on any atom is 0.262 e. The van der Waals surface area contributed by atoms with Crippen molar-refractivity contribution in [2.75, 3.05) is 0 Å². The van der Waals surface area contributed by atoms with Crippen molar-refractivity contribution in [3.63, 3.8) is 0 Å². The van der Waals surface area contributed by atoms with Crippen molar-refractivity contribution >= 4 is 27.5 Å². The summed E-state index contributed by atoms with van der Waals surface area (Å²) < 4.78 is 1.48. The first-order valence-electron chi connectivity index (χ1n) is 7.27. The number of hydrogen-bond donors (Lipinski definition) is 1. The lowest BCUT2D eigenvalue weighted by molar-refractivity contribution is -0.121. The number of hydrogen-bond acceptors (Lipinski definition) is 5. The molecule has 0 saturated carbocycles. The molecule has 3 rings (SSSR count). The van der Waals surface area contributed by atoms with Gasteiger partial charge in [-0.2, -0.15) is 0 Å². The first-order chi connectivity index (χ1) is 11.1. The number of carbonyl (C=O) groups excluding carboxylic acids is 1. The summed E-state index contributed by atoms with van der Waals surface area (Å²) in [6, 6.07) is 5.39. The predicted octanol–water partition coefficient (Wildman–Crippen LogP) is 2.12. The molecule has 3 aromatic heterocycles. The van der Waals surface area contributed by atoms with Crippen LogP contribution in [-0.2, 0) is 11.3 Å². The molecule has 1 N–H and O–H groups in total. The molecule has 0 aliphatic heterocycles. The number of nitrogens with zero attached hydrogens (tertiary/aromatic N) is 3. The van der Waals surface area contributed by atoms with Gasteiger partial charge in [0.15, 0.2) is 0 Å². The zero-order valence-corrected chi connectivity index (χ0v) is 13.4. The van der Waals surface area contributed by atoms with Crippen molar-refractivity contribution < 1.29 is 4.79 Å². The number of nitrogens with one attached hydrogen (secondary N) is 1. The number of fused-ring (bicyclic) bond motifs is 1. The zero-order chi connectivity index (χ0) is 16.2. The van der Waals surface area contributed by atoms with Gasteiger partial charge in [-0.1, -0.05) is 0 Å². The fourth-order valence-corrected chi connectivity index (χ4v) is 3.05. The maximum atomic E-state index is 12.2. The number of amides is 1. The average molecular weight is 328 g/mol. The molecule has 0 fully saturated rings. The summed E-state index contributed by atoms with van der Waals surface area (Å²) in [7, 11) is 0. The van der Waals surface area contributed by atoms with Crippen molar-refractivity contribution in [2.24, 2.45) is 0 Å². The standard InChI is InChI=1S/C16H16N4O2S/c1-11(12-2-6-17-7-3-12)19-14(21)4-8-20-10-18-15-13(16(20)22)5-9-23-15/h2-3,5-7,9-11H,4,8H2,1H3,(H,19,21). The third-order valence-electron chi connectivity index (χ3n) is 3.61. The van der Waals surface area contributed by atoms with Crippen LogP contribution in [0.3, 0.4) is 0 Å². The SMILES string of the molecule is CC(NC(=O)CCn1cnc2sccc2c1=O)c1ccncc1. The van der Waals surface area contributed by atoms with E-state index in [9.17, 15) is 9.59 Å². The Morgan fingerprint density at radius 1 is 1.35 bits per heavy atom. The van der Waals surface area contributed by atoms with Gasteiger partial charge in [0.25, 0.3) is 5.56 Å². The number of aryl methyl sites for hydroxylation is 1. The molecule has 0 aliphatic rings. The molecule has 118 valence electrons. The average Bonchev–Trinajstić information content (AvgIpc) is 3.04. The lowest BCUT2D eigenvalue weighted by Gasteiger charge is -2.14. The van der Waals surface area contributed by atoms with Gasteiger partial charge < -0.3 is 5.32 Å². The summed E-state index contributed by atoms with van der Waals surface area (Å²) in [6.45, 7) is 2.23. The molecular formula is C16H16N4O2S. The Bertz CT molecular complexity index is 872. The first kappa shape index (κ1) is 15.4. The number of thiophene rings is 1. The largest absolute Gasteiger partial charge is 0.350 e. The summed E-state index contributed by atoms with van der Waals surface area (Å²) in [5.74, 6) is -0.105. The third kappa shape index (κ3) is 3.45. The molecule has 7 heteroatoms. The number of pyridine rings is 1. The third-order valence-corrected chi connectivity index (χ3v) is 4.43. The van der Waals surface area contributed by atoms with E-state index in [-0.39, 0.29) is 23.9 Å². The van der Waals surface area contributed by atoms with Gasteiger partial charge in [-0.15, -0.1) is 11.3 Å². The molecule has 1 unspecified atom stereocenters. The minimum absolute atomic E-state index is 0.0975. The smallest absolute Gasteiger partial charge is 0.262 e. The molecule has 0 saturated heterocycles. The summed E-state index contributed by atoms with van der Waals surface area (Å²) >= 11 is 1.43. The van der Waals surface area contributed by atoms with E-state index in [4.69, 9.17) is 0 Å². The highest BCUT2D eigenvalue weighted by Gasteiger charge is 2.11. The lowest BCUT2D eigenvalue weighted by atomic mass is 10.1. The van der Waals surface area contributed by atoms with E-state index in [1.54, 1.807) is 18.5 Å². The van der Waals surface area contributed by atoms with Crippen LogP contribution in [0.5, 0.6) is 0 Å². The summed E-state index contributed by atoms with van der Waals surface area (Å²) in [6.07, 6.45) is 5.12. The normalized spacial score (nSPS) is 12.2. The fraction of sp³-hybridized carbons (Fsp3) is 0.250. The van der Waals surface area contributed by atoms with Crippen LogP contribution < -0.4 is 10.9 Å². The van der Waals surface area contributed by atoms with Crippen molar-refractivity contribution in [3.05, 3.63) is 58.2 Å².